The van der Waals surface area contributed by atoms with Crippen molar-refractivity contribution in [2.24, 2.45) is 10.7 Å². The Hall–Kier alpha value is -1.61. The van der Waals surface area contributed by atoms with Crippen LogP contribution in [0, 0.1) is 13.8 Å². The monoisotopic (exact) mass is 482 g/mol. The maximum atomic E-state index is 6.11. The molecule has 1 aliphatic heterocycles. The number of nitrogens with zero attached hydrogens (tertiary/aromatic N) is 4. The minimum Gasteiger partial charge on any atom is -0.370 e. The summed E-state index contributed by atoms with van der Waals surface area (Å²) in [7, 11) is 0. The van der Waals surface area contributed by atoms with E-state index in [4.69, 9.17) is 5.73 Å². The molecule has 3 rings (SSSR count). The van der Waals surface area contributed by atoms with Gasteiger partial charge in [-0.05, 0) is 57.5 Å². The molecule has 1 atom stereocenters. The van der Waals surface area contributed by atoms with E-state index >= 15 is 0 Å². The summed E-state index contributed by atoms with van der Waals surface area (Å²) in [5, 5.41) is 7.89. The van der Waals surface area contributed by atoms with Crippen molar-refractivity contribution in [1.29, 1.82) is 0 Å². The summed E-state index contributed by atoms with van der Waals surface area (Å²) in [6.07, 6.45) is 2.50. The molecule has 2 heterocycles. The van der Waals surface area contributed by atoms with Crippen molar-refractivity contribution in [3.63, 3.8) is 0 Å². The van der Waals surface area contributed by atoms with Crippen molar-refractivity contribution in [2.45, 2.75) is 46.2 Å². The van der Waals surface area contributed by atoms with Gasteiger partial charge in [-0.1, -0.05) is 25.1 Å². The van der Waals surface area contributed by atoms with Crippen LogP contribution in [0.5, 0.6) is 0 Å². The Morgan fingerprint density at radius 1 is 1.33 bits per heavy atom. The molecule has 0 radical (unpaired) electrons. The summed E-state index contributed by atoms with van der Waals surface area (Å²) in [5.41, 5.74) is 10.4. The number of hydrogen-bond acceptors (Lipinski definition) is 3. The Morgan fingerprint density at radius 2 is 2.11 bits per heavy atom. The lowest BCUT2D eigenvalue weighted by Gasteiger charge is -2.23. The van der Waals surface area contributed by atoms with Crippen molar-refractivity contribution in [2.75, 3.05) is 19.6 Å². The van der Waals surface area contributed by atoms with Gasteiger partial charge in [0.05, 0.1) is 17.9 Å². The highest BCUT2D eigenvalue weighted by Gasteiger charge is 2.22. The largest absolute Gasteiger partial charge is 0.370 e. The maximum absolute atomic E-state index is 6.11. The molecule has 1 aliphatic rings. The minimum atomic E-state index is 0. The van der Waals surface area contributed by atoms with E-state index in [0.29, 0.717) is 18.5 Å². The fourth-order valence-electron chi connectivity index (χ4n) is 3.72. The van der Waals surface area contributed by atoms with Crippen molar-refractivity contribution in [3.8, 4) is 5.69 Å². The third-order valence-corrected chi connectivity index (χ3v) is 5.07. The number of likely N-dealkylation sites (N-methyl/N-ethyl adjacent to an activating group) is 1. The van der Waals surface area contributed by atoms with Gasteiger partial charge in [-0.25, -0.2) is 9.67 Å². The third-order valence-electron chi connectivity index (χ3n) is 5.07. The highest BCUT2D eigenvalue weighted by Crippen LogP contribution is 2.18. The Bertz CT molecular complexity index is 770. The third kappa shape index (κ3) is 5.44. The van der Waals surface area contributed by atoms with E-state index in [1.165, 1.54) is 19.4 Å². The summed E-state index contributed by atoms with van der Waals surface area (Å²) in [5.74, 6) is 0.510. The highest BCUT2D eigenvalue weighted by molar-refractivity contribution is 14.0. The molecule has 7 heteroatoms. The van der Waals surface area contributed by atoms with Gasteiger partial charge in [-0.3, -0.25) is 4.90 Å². The second-order valence-electron chi connectivity index (χ2n) is 6.97. The summed E-state index contributed by atoms with van der Waals surface area (Å²) in [6.45, 7) is 9.98. The molecule has 0 bridgehead atoms. The smallest absolute Gasteiger partial charge is 0.188 e. The lowest BCUT2D eigenvalue weighted by atomic mass is 10.2. The van der Waals surface area contributed by atoms with Crippen molar-refractivity contribution in [1.82, 2.24) is 20.0 Å². The quantitative estimate of drug-likeness (QED) is 0.378. The van der Waals surface area contributed by atoms with Gasteiger partial charge in [0.25, 0.3) is 0 Å². The Kier molecular flexibility index (Phi) is 8.09. The molecule has 6 nitrogen and oxygen atoms in total. The molecule has 27 heavy (non-hydrogen) atoms. The SMILES string of the molecule is CCN1CCCC1CNC(N)=NCc1ccccc1-n1nc(C)cc1C.I. The molecule has 148 valence electrons. The molecule has 1 aromatic heterocycles. The molecule has 0 amide bonds. The van der Waals surface area contributed by atoms with Crippen LogP contribution in [-0.4, -0.2) is 46.3 Å². The first-order valence-electron chi connectivity index (χ1n) is 9.48. The lowest BCUT2D eigenvalue weighted by molar-refractivity contribution is 0.267. The number of aromatic nitrogens is 2. The van der Waals surface area contributed by atoms with Crippen LogP contribution in [-0.2, 0) is 6.54 Å². The normalized spacial score (nSPS) is 17.7. The van der Waals surface area contributed by atoms with Crippen LogP contribution >= 0.6 is 24.0 Å². The van der Waals surface area contributed by atoms with E-state index in [1.807, 2.05) is 23.7 Å². The van der Waals surface area contributed by atoms with Gasteiger partial charge in [0.1, 0.15) is 0 Å². The Balaban J connectivity index is 0.00000261. The number of hydrogen-bond donors (Lipinski definition) is 2. The average Bonchev–Trinajstić information content (AvgIpc) is 3.23. The predicted octanol–water partition coefficient (Wildman–Crippen LogP) is 3.00. The van der Waals surface area contributed by atoms with E-state index in [0.717, 1.165) is 35.7 Å². The number of aliphatic imine (C=N–C) groups is 1. The molecule has 3 N–H and O–H groups in total. The van der Waals surface area contributed by atoms with Crippen LogP contribution in [0.25, 0.3) is 5.69 Å². The molecule has 1 aromatic carbocycles. The van der Waals surface area contributed by atoms with Gasteiger partial charge in [0, 0.05) is 18.3 Å². The fourth-order valence-corrected chi connectivity index (χ4v) is 3.72. The molecule has 2 aromatic rings. The average molecular weight is 482 g/mol. The van der Waals surface area contributed by atoms with Gasteiger partial charge < -0.3 is 11.1 Å². The standard InChI is InChI=1S/C20H30N6.HI/c1-4-25-11-7-9-18(25)14-23-20(21)22-13-17-8-5-6-10-19(17)26-16(3)12-15(2)24-26;/h5-6,8,10,12,18H,4,7,9,11,13-14H2,1-3H3,(H3,21,22,23);1H. The Morgan fingerprint density at radius 3 is 2.81 bits per heavy atom. The predicted molar refractivity (Wildman–Crippen MR) is 122 cm³/mol. The van der Waals surface area contributed by atoms with Gasteiger partial charge >= 0.3 is 0 Å². The second-order valence-corrected chi connectivity index (χ2v) is 6.97. The summed E-state index contributed by atoms with van der Waals surface area (Å²) >= 11 is 0. The summed E-state index contributed by atoms with van der Waals surface area (Å²) in [6, 6.07) is 10.9. The van der Waals surface area contributed by atoms with Gasteiger partial charge in [-0.15, -0.1) is 24.0 Å². The van der Waals surface area contributed by atoms with Gasteiger partial charge in [0.2, 0.25) is 0 Å². The van der Waals surface area contributed by atoms with E-state index in [2.05, 4.69) is 52.4 Å². The van der Waals surface area contributed by atoms with Crippen LogP contribution < -0.4 is 11.1 Å². The number of aryl methyl sites for hydroxylation is 2. The topological polar surface area (TPSA) is 71.5 Å². The number of nitrogens with one attached hydrogen (secondary N) is 1. The summed E-state index contributed by atoms with van der Waals surface area (Å²) in [4.78, 5) is 7.05. The van der Waals surface area contributed by atoms with E-state index in [9.17, 15) is 0 Å². The van der Waals surface area contributed by atoms with Crippen LogP contribution in [0.3, 0.4) is 0 Å². The molecule has 0 aliphatic carbocycles. The van der Waals surface area contributed by atoms with E-state index < -0.39 is 0 Å². The first kappa shape index (κ1) is 21.7. The Labute approximate surface area is 179 Å². The number of para-hydroxylation sites is 1. The van der Waals surface area contributed by atoms with E-state index in [-0.39, 0.29) is 24.0 Å². The molecule has 1 saturated heterocycles. The zero-order chi connectivity index (χ0) is 18.5. The molecular formula is C20H31IN6. The molecule has 0 spiro atoms. The lowest BCUT2D eigenvalue weighted by Crippen LogP contribution is -2.42. The number of likely N-dealkylation sites (tertiary alicyclic amines) is 1. The zero-order valence-electron chi connectivity index (χ0n) is 16.5. The molecule has 1 unspecified atom stereocenters. The number of rotatable bonds is 6. The maximum Gasteiger partial charge on any atom is 0.188 e. The second kappa shape index (κ2) is 10.1. The molecule has 1 fully saturated rings. The number of halogens is 1. The van der Waals surface area contributed by atoms with Crippen molar-refractivity contribution in [3.05, 3.63) is 47.3 Å². The van der Waals surface area contributed by atoms with Crippen LogP contribution in [0.4, 0.5) is 0 Å². The summed E-state index contributed by atoms with van der Waals surface area (Å²) < 4.78 is 1.97. The fraction of sp³-hybridized carbons (Fsp3) is 0.500. The highest BCUT2D eigenvalue weighted by atomic mass is 127. The van der Waals surface area contributed by atoms with Crippen LogP contribution in [0.15, 0.2) is 35.3 Å². The number of guanidine groups is 1. The molecular weight excluding hydrogens is 451 g/mol. The van der Waals surface area contributed by atoms with Gasteiger partial charge in [0.15, 0.2) is 5.96 Å². The van der Waals surface area contributed by atoms with E-state index in [1.54, 1.807) is 0 Å². The number of benzene rings is 1. The van der Waals surface area contributed by atoms with Crippen LogP contribution in [0.1, 0.15) is 36.7 Å². The minimum absolute atomic E-state index is 0. The number of nitrogens with two attached hydrogens (primary N) is 1. The van der Waals surface area contributed by atoms with Crippen LogP contribution in [0.2, 0.25) is 0 Å². The molecule has 0 saturated carbocycles. The van der Waals surface area contributed by atoms with Crippen molar-refractivity contribution < 1.29 is 0 Å². The van der Waals surface area contributed by atoms with Gasteiger partial charge in [-0.2, -0.15) is 5.10 Å². The first-order chi connectivity index (χ1) is 12.6. The first-order valence-corrected chi connectivity index (χ1v) is 9.48. The van der Waals surface area contributed by atoms with Crippen molar-refractivity contribution >= 4 is 29.9 Å². The zero-order valence-corrected chi connectivity index (χ0v) is 18.8.